The monoisotopic (exact) mass is 445 g/mol. The van der Waals surface area contributed by atoms with Crippen molar-refractivity contribution >= 4 is 5.97 Å². The Kier molecular flexibility index (Phi) is 11.9. The predicted octanol–water partition coefficient (Wildman–Crippen LogP) is 6.59. The number of halogens is 3. The number of piperidine rings is 1. The molecule has 1 saturated heterocycles. The van der Waals surface area contributed by atoms with E-state index < -0.39 is 17.7 Å². The van der Waals surface area contributed by atoms with Crippen LogP contribution in [-0.2, 0) is 11.0 Å². The predicted molar refractivity (Wildman–Crippen MR) is 122 cm³/mol. The van der Waals surface area contributed by atoms with Gasteiger partial charge in [0.15, 0.2) is 0 Å². The number of hydrogen-bond acceptors (Lipinski definition) is 2. The Morgan fingerprint density at radius 3 is 1.84 bits per heavy atom. The van der Waals surface area contributed by atoms with Gasteiger partial charge in [-0.1, -0.05) is 85.5 Å². The third-order valence-electron chi connectivity index (χ3n) is 4.39. The summed E-state index contributed by atoms with van der Waals surface area (Å²) in [6.45, 7) is 9.23. The molecule has 1 aliphatic rings. The molecule has 1 N–H and O–H groups in total. The summed E-state index contributed by atoms with van der Waals surface area (Å²) in [5, 5.41) is 7.42. The van der Waals surface area contributed by atoms with Crippen molar-refractivity contribution in [1.29, 1.82) is 0 Å². The summed E-state index contributed by atoms with van der Waals surface area (Å²) in [5.41, 5.74) is 1.64. The van der Waals surface area contributed by atoms with Crippen molar-refractivity contribution in [2.45, 2.75) is 45.3 Å². The first-order valence-electron chi connectivity index (χ1n) is 10.4. The molecule has 0 bridgehead atoms. The molecule has 0 spiro atoms. The van der Waals surface area contributed by atoms with Gasteiger partial charge in [-0.25, -0.2) is 0 Å². The Morgan fingerprint density at radius 1 is 0.969 bits per heavy atom. The molecule has 3 nitrogen and oxygen atoms in total. The van der Waals surface area contributed by atoms with E-state index in [1.165, 1.54) is 37.0 Å². The number of carboxylic acid groups (broad SMARTS) is 1. The van der Waals surface area contributed by atoms with E-state index in [9.17, 15) is 13.2 Å². The summed E-state index contributed by atoms with van der Waals surface area (Å²) in [6, 6.07) is 17.2. The highest BCUT2D eigenvalue weighted by atomic mass is 19.4. The van der Waals surface area contributed by atoms with Gasteiger partial charge >= 0.3 is 6.18 Å². The van der Waals surface area contributed by atoms with Crippen LogP contribution < -0.4 is 0 Å². The number of carbonyl (C=O) groups is 1. The fourth-order valence-corrected chi connectivity index (χ4v) is 3.02. The van der Waals surface area contributed by atoms with Gasteiger partial charge < -0.3 is 5.11 Å². The van der Waals surface area contributed by atoms with Gasteiger partial charge in [-0.05, 0) is 44.0 Å². The van der Waals surface area contributed by atoms with E-state index in [1.54, 1.807) is 6.07 Å². The summed E-state index contributed by atoms with van der Waals surface area (Å²) in [7, 11) is 0. The molecule has 1 unspecified atom stereocenters. The van der Waals surface area contributed by atoms with Crippen molar-refractivity contribution in [2.24, 2.45) is 0 Å². The zero-order valence-corrected chi connectivity index (χ0v) is 18.5. The average Bonchev–Trinajstić information content (AvgIpc) is 2.75. The summed E-state index contributed by atoms with van der Waals surface area (Å²) >= 11 is 0. The SMILES string of the molecule is C=C(C)C#CC(c1ccccc1)N1CCCCC1.CC(=O)O.FC(F)(F)c1ccccc1. The average molecular weight is 446 g/mol. The Balaban J connectivity index is 0.000000307. The third-order valence-corrected chi connectivity index (χ3v) is 4.39. The van der Waals surface area contributed by atoms with Crippen LogP contribution in [0.4, 0.5) is 13.2 Å². The zero-order chi connectivity index (χ0) is 24.0. The highest BCUT2D eigenvalue weighted by molar-refractivity contribution is 5.62. The van der Waals surface area contributed by atoms with Gasteiger partial charge in [-0.2, -0.15) is 13.2 Å². The van der Waals surface area contributed by atoms with Gasteiger partial charge in [0.25, 0.3) is 5.97 Å². The van der Waals surface area contributed by atoms with E-state index in [0.717, 1.165) is 37.7 Å². The zero-order valence-electron chi connectivity index (χ0n) is 18.5. The molecule has 172 valence electrons. The molecule has 1 fully saturated rings. The molecule has 1 atom stereocenters. The minimum absolute atomic E-state index is 0.225. The lowest BCUT2D eigenvalue weighted by molar-refractivity contribution is -0.137. The number of alkyl halides is 3. The molecule has 0 saturated carbocycles. The van der Waals surface area contributed by atoms with Crippen LogP contribution in [0.1, 0.15) is 50.3 Å². The number of rotatable bonds is 2. The summed E-state index contributed by atoms with van der Waals surface area (Å²) in [5.74, 6) is 5.70. The number of aliphatic carboxylic acids is 1. The third kappa shape index (κ3) is 11.4. The minimum Gasteiger partial charge on any atom is -0.481 e. The van der Waals surface area contributed by atoms with E-state index in [1.807, 2.05) is 6.92 Å². The van der Waals surface area contributed by atoms with Crippen LogP contribution in [0.2, 0.25) is 0 Å². The quantitative estimate of drug-likeness (QED) is 0.530. The van der Waals surface area contributed by atoms with Crippen molar-refractivity contribution in [3.63, 3.8) is 0 Å². The van der Waals surface area contributed by atoms with E-state index in [-0.39, 0.29) is 6.04 Å². The second-order valence-corrected chi connectivity index (χ2v) is 7.34. The molecule has 1 aliphatic heterocycles. The molecule has 32 heavy (non-hydrogen) atoms. The van der Waals surface area contributed by atoms with Crippen molar-refractivity contribution in [3.05, 3.63) is 83.9 Å². The second kappa shape index (κ2) is 14.1. The maximum Gasteiger partial charge on any atom is 0.416 e. The number of benzene rings is 2. The maximum absolute atomic E-state index is 11.8. The molecule has 1 heterocycles. The highest BCUT2D eigenvalue weighted by Gasteiger charge is 2.29. The largest absolute Gasteiger partial charge is 0.481 e. The maximum atomic E-state index is 11.8. The molecular formula is C26H30F3NO2. The normalized spacial score (nSPS) is 14.3. The first-order chi connectivity index (χ1) is 15.1. The van der Waals surface area contributed by atoms with Crippen LogP contribution in [-0.4, -0.2) is 29.1 Å². The van der Waals surface area contributed by atoms with E-state index >= 15 is 0 Å². The molecule has 0 amide bonds. The second-order valence-electron chi connectivity index (χ2n) is 7.34. The van der Waals surface area contributed by atoms with Crippen LogP contribution in [0.15, 0.2) is 72.8 Å². The molecule has 0 aromatic heterocycles. The fraction of sp³-hybridized carbons (Fsp3) is 0.346. The molecule has 6 heteroatoms. The number of hydrogen-bond donors (Lipinski definition) is 1. The van der Waals surface area contributed by atoms with Gasteiger partial charge in [-0.3, -0.25) is 9.69 Å². The molecular weight excluding hydrogens is 415 g/mol. The molecule has 2 aromatic rings. The minimum atomic E-state index is -4.21. The van der Waals surface area contributed by atoms with Crippen LogP contribution in [0, 0.1) is 11.8 Å². The Morgan fingerprint density at radius 2 is 1.44 bits per heavy atom. The summed E-state index contributed by atoms with van der Waals surface area (Å²) in [6.07, 6.45) is -0.274. The lowest BCUT2D eigenvalue weighted by Gasteiger charge is -2.31. The van der Waals surface area contributed by atoms with Gasteiger partial charge in [0.1, 0.15) is 0 Å². The molecule has 0 aliphatic carbocycles. The van der Waals surface area contributed by atoms with Gasteiger partial charge in [0, 0.05) is 6.92 Å². The highest BCUT2D eigenvalue weighted by Crippen LogP contribution is 2.28. The molecule has 3 rings (SSSR count). The summed E-state index contributed by atoms with van der Waals surface area (Å²) < 4.78 is 35.4. The van der Waals surface area contributed by atoms with Crippen LogP contribution >= 0.6 is 0 Å². The Bertz CT molecular complexity index is 874. The molecule has 2 aromatic carbocycles. The molecule has 0 radical (unpaired) electrons. The topological polar surface area (TPSA) is 40.5 Å². The fourth-order valence-electron chi connectivity index (χ4n) is 3.02. The Labute approximate surface area is 188 Å². The van der Waals surface area contributed by atoms with Gasteiger partial charge in [0.2, 0.25) is 0 Å². The van der Waals surface area contributed by atoms with Crippen molar-refractivity contribution in [3.8, 4) is 11.8 Å². The van der Waals surface area contributed by atoms with Crippen LogP contribution in [0.3, 0.4) is 0 Å². The van der Waals surface area contributed by atoms with Gasteiger partial charge in [-0.15, -0.1) is 0 Å². The smallest absolute Gasteiger partial charge is 0.416 e. The summed E-state index contributed by atoms with van der Waals surface area (Å²) in [4.78, 5) is 11.5. The lowest BCUT2D eigenvalue weighted by Crippen LogP contribution is -2.33. The Hall–Kier alpha value is -3.04. The standard InChI is InChI=1S/C17H21N.C7H5F3.C2H4O2/c1-15(2)11-12-17(16-9-5-3-6-10-16)18-13-7-4-8-14-18;8-7(9,10)6-4-2-1-3-5-6;1-2(3)4/h3,5-6,9-10,17H,1,4,7-8,13-14H2,2H3;1-5H;1H3,(H,3,4). The van der Waals surface area contributed by atoms with Gasteiger partial charge in [0.05, 0.1) is 11.6 Å². The number of carboxylic acids is 1. The van der Waals surface area contributed by atoms with Crippen molar-refractivity contribution in [1.82, 2.24) is 4.90 Å². The van der Waals surface area contributed by atoms with Crippen LogP contribution in [0.25, 0.3) is 0 Å². The first-order valence-corrected chi connectivity index (χ1v) is 10.4. The number of allylic oxidation sites excluding steroid dienone is 1. The number of nitrogens with zero attached hydrogens (tertiary/aromatic N) is 1. The number of likely N-dealkylation sites (tertiary alicyclic amines) is 1. The van der Waals surface area contributed by atoms with Crippen molar-refractivity contribution < 1.29 is 23.1 Å². The van der Waals surface area contributed by atoms with E-state index in [4.69, 9.17) is 9.90 Å². The lowest BCUT2D eigenvalue weighted by atomic mass is 10.0. The van der Waals surface area contributed by atoms with E-state index in [2.05, 4.69) is 53.7 Å². The van der Waals surface area contributed by atoms with Crippen molar-refractivity contribution in [2.75, 3.05) is 13.1 Å². The first kappa shape index (κ1) is 27.0. The van der Waals surface area contributed by atoms with E-state index in [0.29, 0.717) is 0 Å². The van der Waals surface area contributed by atoms with Crippen LogP contribution in [0.5, 0.6) is 0 Å².